The van der Waals surface area contributed by atoms with Crippen LogP contribution in [0.5, 0.6) is 0 Å². The van der Waals surface area contributed by atoms with Gasteiger partial charge in [-0.15, -0.1) is 0 Å². The molecule has 2 aliphatic rings. The number of nitrogens with zero attached hydrogens (tertiary/aromatic N) is 2. The van der Waals surface area contributed by atoms with E-state index in [1.54, 1.807) is 0 Å². The second-order valence-electron chi connectivity index (χ2n) is 6.96. The summed E-state index contributed by atoms with van der Waals surface area (Å²) in [5, 5.41) is 12.2. The average molecular weight is 358 g/mol. The maximum Gasteiger partial charge on any atom is 0.297 e. The highest BCUT2D eigenvalue weighted by Crippen LogP contribution is 2.48. The molecule has 1 aliphatic heterocycles. The monoisotopic (exact) mass is 357 g/mol. The van der Waals surface area contributed by atoms with Gasteiger partial charge in [0.2, 0.25) is 0 Å². The van der Waals surface area contributed by atoms with Crippen molar-refractivity contribution in [3.05, 3.63) is 67.7 Å². The largest absolute Gasteiger partial charge is 0.392 e. The summed E-state index contributed by atoms with van der Waals surface area (Å²) in [5.41, 5.74) is 10.3. The molecule has 0 saturated carbocycles. The summed E-state index contributed by atoms with van der Waals surface area (Å²) in [6.07, 6.45) is 2.72. The number of likely N-dealkylation sites (N-methyl/N-ethyl adjacent to an activating group) is 1. The first-order chi connectivity index (χ1) is 12.0. The number of hydrogen-bond acceptors (Lipinski definition) is 4. The van der Waals surface area contributed by atoms with Gasteiger partial charge in [-0.3, -0.25) is 10.1 Å². The molecule has 0 saturated heterocycles. The molecule has 0 bridgehead atoms. The number of nitrogen functional groups attached to an aromatic ring is 1. The molecule has 0 aromatic heterocycles. The van der Waals surface area contributed by atoms with Gasteiger partial charge in [0.15, 0.2) is 0 Å². The summed E-state index contributed by atoms with van der Waals surface area (Å²) in [4.78, 5) is 13.8. The van der Waals surface area contributed by atoms with Crippen molar-refractivity contribution in [2.45, 2.75) is 31.2 Å². The maximum absolute atomic E-state index is 11.9. The Hall–Kier alpha value is -2.11. The molecular weight excluding hydrogens is 338 g/mol. The van der Waals surface area contributed by atoms with Crippen molar-refractivity contribution in [1.29, 1.82) is 0 Å². The predicted octanol–water partition coefficient (Wildman–Crippen LogP) is 3.77. The molecule has 0 fully saturated rings. The van der Waals surface area contributed by atoms with Crippen molar-refractivity contribution >= 4 is 23.0 Å². The highest BCUT2D eigenvalue weighted by molar-refractivity contribution is 6.33. The summed E-state index contributed by atoms with van der Waals surface area (Å²) in [7, 11) is 2.11. The molecule has 0 spiro atoms. The number of nitrogens with two attached hydrogens (primary N) is 1. The van der Waals surface area contributed by atoms with Crippen molar-refractivity contribution in [2.24, 2.45) is 0 Å². The van der Waals surface area contributed by atoms with Crippen molar-refractivity contribution in [1.82, 2.24) is 4.90 Å². The fourth-order valence-corrected chi connectivity index (χ4v) is 4.72. The number of rotatable bonds is 1. The van der Waals surface area contributed by atoms with E-state index in [-0.39, 0.29) is 33.3 Å². The summed E-state index contributed by atoms with van der Waals surface area (Å²) in [5.74, 6) is -0.0487. The lowest BCUT2D eigenvalue weighted by atomic mass is 9.74. The third kappa shape index (κ3) is 2.50. The Morgan fingerprint density at radius 2 is 2.04 bits per heavy atom. The second-order valence-corrected chi connectivity index (χ2v) is 7.37. The van der Waals surface area contributed by atoms with E-state index in [1.807, 2.05) is 18.2 Å². The van der Waals surface area contributed by atoms with E-state index in [2.05, 4.69) is 24.1 Å². The molecule has 1 heterocycles. The number of hydrogen-bond donors (Lipinski definition) is 1. The Morgan fingerprint density at radius 3 is 2.80 bits per heavy atom. The third-order valence-electron chi connectivity index (χ3n) is 5.69. The van der Waals surface area contributed by atoms with Crippen molar-refractivity contribution in [3.63, 3.8) is 0 Å². The quantitative estimate of drug-likeness (QED) is 0.479. The van der Waals surface area contributed by atoms with Crippen LogP contribution in [0.25, 0.3) is 0 Å². The van der Waals surface area contributed by atoms with Gasteiger partial charge in [0, 0.05) is 24.1 Å². The molecule has 0 amide bonds. The molecule has 2 aromatic carbocycles. The molecule has 5 nitrogen and oxygen atoms in total. The molecule has 1 aliphatic carbocycles. The van der Waals surface area contributed by atoms with E-state index in [9.17, 15) is 10.1 Å². The highest BCUT2D eigenvalue weighted by atomic mass is 35.5. The van der Waals surface area contributed by atoms with Gasteiger partial charge in [0.1, 0.15) is 5.69 Å². The minimum atomic E-state index is -0.361. The molecule has 4 rings (SSSR count). The van der Waals surface area contributed by atoms with Gasteiger partial charge < -0.3 is 10.6 Å². The predicted molar refractivity (Wildman–Crippen MR) is 99.2 cm³/mol. The first-order valence-corrected chi connectivity index (χ1v) is 8.90. The van der Waals surface area contributed by atoms with Crippen LogP contribution in [0.3, 0.4) is 0 Å². The van der Waals surface area contributed by atoms with Crippen LogP contribution in [-0.4, -0.2) is 29.5 Å². The Labute approximate surface area is 151 Å². The number of anilines is 1. The Morgan fingerprint density at radius 1 is 1.28 bits per heavy atom. The normalized spacial score (nSPS) is 22.5. The molecule has 25 heavy (non-hydrogen) atoms. The first-order valence-electron chi connectivity index (χ1n) is 8.52. The van der Waals surface area contributed by atoms with E-state index >= 15 is 0 Å². The Bertz CT molecular complexity index is 868. The van der Waals surface area contributed by atoms with E-state index in [4.69, 9.17) is 17.3 Å². The maximum atomic E-state index is 11.9. The second kappa shape index (κ2) is 6.00. The molecule has 130 valence electrons. The fourth-order valence-electron chi connectivity index (χ4n) is 4.50. The number of halogens is 1. The van der Waals surface area contributed by atoms with Crippen LogP contribution >= 0.6 is 11.6 Å². The van der Waals surface area contributed by atoms with Crippen LogP contribution in [0.15, 0.2) is 30.3 Å². The highest BCUT2D eigenvalue weighted by Gasteiger charge is 2.41. The van der Waals surface area contributed by atoms with E-state index in [0.717, 1.165) is 36.9 Å². The summed E-state index contributed by atoms with van der Waals surface area (Å²) in [6.45, 7) is 0.855. The van der Waals surface area contributed by atoms with Crippen molar-refractivity contribution in [3.8, 4) is 0 Å². The van der Waals surface area contributed by atoms with Crippen LogP contribution in [0.1, 0.15) is 34.6 Å². The molecular formula is C19H20ClN3O2. The topological polar surface area (TPSA) is 72.4 Å². The van der Waals surface area contributed by atoms with Crippen LogP contribution in [0.2, 0.25) is 5.02 Å². The Balaban J connectivity index is 2.05. The lowest BCUT2D eigenvalue weighted by Gasteiger charge is -2.38. The average Bonchev–Trinajstić information content (AvgIpc) is 2.73. The van der Waals surface area contributed by atoms with Crippen molar-refractivity contribution in [2.75, 3.05) is 19.3 Å². The Kier molecular flexibility index (Phi) is 3.93. The summed E-state index contributed by atoms with van der Waals surface area (Å²) < 4.78 is 0. The zero-order valence-corrected chi connectivity index (χ0v) is 14.8. The standard InChI is InChI=1S/C19H20ClN3O2/c1-22-9-8-12-10-14(20)18(21)19(23(24)25)16(12)17-13-5-3-2-4-11(13)6-7-15(17)22/h2-5,10,15,17H,6-9,21H2,1H3/t15-,17-/m0/s1. The van der Waals surface area contributed by atoms with Gasteiger partial charge in [-0.25, -0.2) is 0 Å². The zero-order chi connectivity index (χ0) is 17.7. The zero-order valence-electron chi connectivity index (χ0n) is 14.0. The number of nitro groups is 1. The van der Waals surface area contributed by atoms with E-state index in [1.165, 1.54) is 11.1 Å². The molecule has 2 aromatic rings. The van der Waals surface area contributed by atoms with Gasteiger partial charge in [-0.1, -0.05) is 35.9 Å². The van der Waals surface area contributed by atoms with Gasteiger partial charge in [-0.05, 0) is 49.1 Å². The minimum absolute atomic E-state index is 0.00972. The summed E-state index contributed by atoms with van der Waals surface area (Å²) in [6, 6.07) is 10.3. The number of nitro benzene ring substituents is 1. The molecule has 0 unspecified atom stereocenters. The minimum Gasteiger partial charge on any atom is -0.392 e. The SMILES string of the molecule is CN1CCc2cc(Cl)c(N)c([N+](=O)[O-])c2[C@H]2c3ccccc3CC[C@@H]21. The smallest absolute Gasteiger partial charge is 0.297 e. The number of benzene rings is 2. The van der Waals surface area contributed by atoms with Crippen LogP contribution < -0.4 is 5.73 Å². The van der Waals surface area contributed by atoms with Gasteiger partial charge in [0.25, 0.3) is 5.69 Å². The molecule has 6 heteroatoms. The first kappa shape index (κ1) is 16.4. The molecule has 0 radical (unpaired) electrons. The molecule has 2 N–H and O–H groups in total. The van der Waals surface area contributed by atoms with Crippen LogP contribution in [-0.2, 0) is 12.8 Å². The van der Waals surface area contributed by atoms with Crippen LogP contribution in [0.4, 0.5) is 11.4 Å². The van der Waals surface area contributed by atoms with Gasteiger partial charge in [0.05, 0.1) is 9.95 Å². The third-order valence-corrected chi connectivity index (χ3v) is 6.01. The fraction of sp³-hybridized carbons (Fsp3) is 0.368. The number of aryl methyl sites for hydroxylation is 1. The van der Waals surface area contributed by atoms with E-state index < -0.39 is 0 Å². The van der Waals surface area contributed by atoms with Crippen molar-refractivity contribution < 1.29 is 4.92 Å². The lowest BCUT2D eigenvalue weighted by Crippen LogP contribution is -2.39. The van der Waals surface area contributed by atoms with Crippen LogP contribution in [0, 0.1) is 10.1 Å². The van der Waals surface area contributed by atoms with Gasteiger partial charge in [-0.2, -0.15) is 0 Å². The lowest BCUT2D eigenvalue weighted by molar-refractivity contribution is -0.384. The van der Waals surface area contributed by atoms with E-state index in [0.29, 0.717) is 0 Å². The summed E-state index contributed by atoms with van der Waals surface area (Å²) >= 11 is 6.22. The number of fused-ring (bicyclic) bond motifs is 5. The van der Waals surface area contributed by atoms with Gasteiger partial charge >= 0.3 is 0 Å². The molecule has 2 atom stereocenters.